The summed E-state index contributed by atoms with van der Waals surface area (Å²) in [6.07, 6.45) is 5.99. The summed E-state index contributed by atoms with van der Waals surface area (Å²) in [5, 5.41) is 8.69. The molecule has 1 aliphatic carbocycles. The van der Waals surface area contributed by atoms with Gasteiger partial charge in [0, 0.05) is 12.0 Å². The molecular formula is C23H32O5. The predicted molar refractivity (Wildman–Crippen MR) is 108 cm³/mol. The fraction of sp³-hybridized carbons (Fsp3) is 0.609. The summed E-state index contributed by atoms with van der Waals surface area (Å²) in [4.78, 5) is 36.8. The smallest absolute Gasteiger partial charge is 0.320 e. The first-order chi connectivity index (χ1) is 13.3. The third kappa shape index (κ3) is 5.00. The fourth-order valence-corrected chi connectivity index (χ4v) is 4.28. The second-order valence-corrected chi connectivity index (χ2v) is 7.90. The number of fused-ring (bicyclic) bond motifs is 1. The van der Waals surface area contributed by atoms with Crippen LogP contribution >= 0.6 is 0 Å². The van der Waals surface area contributed by atoms with Gasteiger partial charge in [-0.1, -0.05) is 37.3 Å². The monoisotopic (exact) mass is 388 g/mol. The first kappa shape index (κ1) is 22.1. The predicted octanol–water partition coefficient (Wildman–Crippen LogP) is 4.80. The highest BCUT2D eigenvalue weighted by Crippen LogP contribution is 2.42. The number of aliphatic carboxylic acids is 1. The van der Waals surface area contributed by atoms with Crippen molar-refractivity contribution in [1.82, 2.24) is 0 Å². The molecule has 5 heteroatoms. The van der Waals surface area contributed by atoms with E-state index in [-0.39, 0.29) is 18.8 Å². The minimum absolute atomic E-state index is 0.0927. The van der Waals surface area contributed by atoms with Crippen molar-refractivity contribution in [3.05, 3.63) is 34.4 Å². The maximum atomic E-state index is 13.4. The summed E-state index contributed by atoms with van der Waals surface area (Å²) in [6.45, 7) is 6.03. The molecule has 0 bridgehead atoms. The molecule has 1 N–H and O–H groups in total. The first-order valence-corrected chi connectivity index (χ1v) is 10.4. The van der Waals surface area contributed by atoms with Crippen LogP contribution in [-0.4, -0.2) is 29.4 Å². The number of ketones is 1. The van der Waals surface area contributed by atoms with Crippen LogP contribution in [0.15, 0.2) is 12.1 Å². The molecule has 1 aromatic carbocycles. The summed E-state index contributed by atoms with van der Waals surface area (Å²) in [5.74, 6) is -1.25. The molecule has 0 spiro atoms. The van der Waals surface area contributed by atoms with E-state index in [1.807, 2.05) is 19.9 Å². The van der Waals surface area contributed by atoms with Gasteiger partial charge in [-0.15, -0.1) is 0 Å². The van der Waals surface area contributed by atoms with Crippen molar-refractivity contribution >= 4 is 17.7 Å². The van der Waals surface area contributed by atoms with Crippen LogP contribution in [0.5, 0.6) is 0 Å². The van der Waals surface area contributed by atoms with E-state index in [4.69, 9.17) is 9.84 Å². The molecule has 0 amide bonds. The zero-order valence-corrected chi connectivity index (χ0v) is 17.3. The molecule has 0 radical (unpaired) electrons. The lowest BCUT2D eigenvalue weighted by Gasteiger charge is -2.35. The molecule has 0 saturated carbocycles. The minimum Gasteiger partial charge on any atom is -0.481 e. The SMILES string of the molecule is CCOC(=O)C1(CCCCCCCC(=O)O)CCc2c(C)cc(C)cc2C1=O. The van der Waals surface area contributed by atoms with Crippen LogP contribution < -0.4 is 0 Å². The molecule has 0 aliphatic heterocycles. The maximum Gasteiger partial charge on any atom is 0.320 e. The van der Waals surface area contributed by atoms with E-state index < -0.39 is 17.4 Å². The maximum absolute atomic E-state index is 13.4. The minimum atomic E-state index is -1.08. The van der Waals surface area contributed by atoms with Crippen molar-refractivity contribution in [2.24, 2.45) is 5.41 Å². The molecule has 1 aliphatic rings. The largest absolute Gasteiger partial charge is 0.481 e. The number of carboxylic acid groups (broad SMARTS) is 1. The first-order valence-electron chi connectivity index (χ1n) is 10.4. The summed E-state index contributed by atoms with van der Waals surface area (Å²) in [6, 6.07) is 3.99. The lowest BCUT2D eigenvalue weighted by atomic mass is 9.67. The summed E-state index contributed by atoms with van der Waals surface area (Å²) in [5.41, 5.74) is 2.80. The number of benzene rings is 1. The number of aryl methyl sites for hydroxylation is 2. The number of hydrogen-bond donors (Lipinski definition) is 1. The van der Waals surface area contributed by atoms with Crippen molar-refractivity contribution in [1.29, 1.82) is 0 Å². The molecule has 0 heterocycles. The molecule has 154 valence electrons. The molecular weight excluding hydrogens is 356 g/mol. The van der Waals surface area contributed by atoms with Gasteiger partial charge in [0.2, 0.25) is 0 Å². The topological polar surface area (TPSA) is 80.7 Å². The number of Topliss-reactive ketones (excluding diaryl/α,β-unsaturated/α-hetero) is 1. The molecule has 0 saturated heterocycles. The Bertz CT molecular complexity index is 737. The van der Waals surface area contributed by atoms with Crippen LogP contribution in [0.25, 0.3) is 0 Å². The fourth-order valence-electron chi connectivity index (χ4n) is 4.28. The van der Waals surface area contributed by atoms with Crippen LogP contribution in [0.4, 0.5) is 0 Å². The highest BCUT2D eigenvalue weighted by Gasteiger charge is 2.49. The van der Waals surface area contributed by atoms with Gasteiger partial charge in [0.15, 0.2) is 5.78 Å². The molecule has 2 rings (SSSR count). The van der Waals surface area contributed by atoms with Crippen LogP contribution in [-0.2, 0) is 20.7 Å². The van der Waals surface area contributed by atoms with E-state index in [0.29, 0.717) is 31.2 Å². The van der Waals surface area contributed by atoms with Gasteiger partial charge in [-0.05, 0) is 63.6 Å². The Hall–Kier alpha value is -2.17. The molecule has 1 atom stereocenters. The Kier molecular flexibility index (Phi) is 7.78. The molecule has 28 heavy (non-hydrogen) atoms. The molecule has 1 aromatic rings. The molecule has 0 fully saturated rings. The quantitative estimate of drug-likeness (QED) is 0.354. The third-order valence-electron chi connectivity index (χ3n) is 5.76. The van der Waals surface area contributed by atoms with Gasteiger partial charge in [0.05, 0.1) is 6.61 Å². The van der Waals surface area contributed by atoms with Gasteiger partial charge in [-0.3, -0.25) is 14.4 Å². The van der Waals surface area contributed by atoms with Crippen LogP contribution in [0.2, 0.25) is 0 Å². The normalized spacial score (nSPS) is 18.6. The van der Waals surface area contributed by atoms with Gasteiger partial charge in [0.25, 0.3) is 0 Å². The van der Waals surface area contributed by atoms with Gasteiger partial charge in [-0.25, -0.2) is 0 Å². The van der Waals surface area contributed by atoms with E-state index in [0.717, 1.165) is 42.4 Å². The van der Waals surface area contributed by atoms with E-state index in [9.17, 15) is 14.4 Å². The van der Waals surface area contributed by atoms with E-state index in [2.05, 4.69) is 6.07 Å². The number of esters is 1. The Morgan fingerprint density at radius 1 is 1.11 bits per heavy atom. The lowest BCUT2D eigenvalue weighted by molar-refractivity contribution is -0.153. The number of ether oxygens (including phenoxy) is 1. The van der Waals surface area contributed by atoms with Crippen molar-refractivity contribution in [2.45, 2.75) is 78.6 Å². The summed E-state index contributed by atoms with van der Waals surface area (Å²) >= 11 is 0. The van der Waals surface area contributed by atoms with Crippen molar-refractivity contribution in [2.75, 3.05) is 6.61 Å². The average molecular weight is 389 g/mol. The Morgan fingerprint density at radius 3 is 2.46 bits per heavy atom. The van der Waals surface area contributed by atoms with Crippen LogP contribution in [0.1, 0.15) is 85.3 Å². The number of carbonyl (C=O) groups is 3. The van der Waals surface area contributed by atoms with Gasteiger partial charge >= 0.3 is 11.9 Å². The summed E-state index contributed by atoms with van der Waals surface area (Å²) < 4.78 is 5.33. The van der Waals surface area contributed by atoms with E-state index >= 15 is 0 Å². The second-order valence-electron chi connectivity index (χ2n) is 7.90. The Balaban J connectivity index is 2.10. The number of hydrogen-bond acceptors (Lipinski definition) is 4. The van der Waals surface area contributed by atoms with E-state index in [1.54, 1.807) is 6.92 Å². The highest BCUT2D eigenvalue weighted by atomic mass is 16.5. The zero-order valence-electron chi connectivity index (χ0n) is 17.3. The van der Waals surface area contributed by atoms with Crippen molar-refractivity contribution in [3.8, 4) is 0 Å². The summed E-state index contributed by atoms with van der Waals surface area (Å²) in [7, 11) is 0. The number of carboxylic acids is 1. The van der Waals surface area contributed by atoms with Gasteiger partial charge in [-0.2, -0.15) is 0 Å². The Morgan fingerprint density at radius 2 is 1.79 bits per heavy atom. The zero-order chi connectivity index (χ0) is 20.7. The van der Waals surface area contributed by atoms with Crippen LogP contribution in [0, 0.1) is 19.3 Å². The van der Waals surface area contributed by atoms with Gasteiger partial charge in [0.1, 0.15) is 5.41 Å². The Labute approximate surface area is 167 Å². The number of rotatable bonds is 10. The van der Waals surface area contributed by atoms with Gasteiger partial charge < -0.3 is 9.84 Å². The molecule has 5 nitrogen and oxygen atoms in total. The van der Waals surface area contributed by atoms with Crippen molar-refractivity contribution in [3.63, 3.8) is 0 Å². The van der Waals surface area contributed by atoms with Crippen molar-refractivity contribution < 1.29 is 24.2 Å². The lowest BCUT2D eigenvalue weighted by Crippen LogP contribution is -2.44. The third-order valence-corrected chi connectivity index (χ3v) is 5.76. The highest BCUT2D eigenvalue weighted by molar-refractivity contribution is 6.14. The molecule has 0 aromatic heterocycles. The van der Waals surface area contributed by atoms with E-state index in [1.165, 1.54) is 0 Å². The standard InChI is InChI=1S/C23H32O5/c1-4-28-22(27)23(12-9-7-5-6-8-10-20(24)25)13-11-18-17(3)14-16(2)15-19(18)21(23)26/h14-15H,4-13H2,1-3H3,(H,24,25). The molecule has 1 unspecified atom stereocenters. The number of carbonyl (C=O) groups excluding carboxylic acids is 2. The average Bonchev–Trinajstić information content (AvgIpc) is 2.63. The second kappa shape index (κ2) is 9.85. The van der Waals surface area contributed by atoms with Crippen LogP contribution in [0.3, 0.4) is 0 Å². The number of unbranched alkanes of at least 4 members (excludes halogenated alkanes) is 4.